The van der Waals surface area contributed by atoms with E-state index < -0.39 is 0 Å². The van der Waals surface area contributed by atoms with Gasteiger partial charge in [0.1, 0.15) is 5.82 Å². The van der Waals surface area contributed by atoms with Crippen LogP contribution in [-0.4, -0.2) is 11.0 Å². The molecule has 3 nitrogen and oxygen atoms in total. The van der Waals surface area contributed by atoms with Crippen LogP contribution in [-0.2, 0) is 0 Å². The van der Waals surface area contributed by atoms with Gasteiger partial charge in [0.2, 0.25) is 0 Å². The highest BCUT2D eigenvalue weighted by molar-refractivity contribution is 5.62. The SMILES string of the molecule is Nc1ncccc1NC1C2C3CCC(C3)C12. The van der Waals surface area contributed by atoms with Crippen molar-refractivity contribution in [3.63, 3.8) is 0 Å². The van der Waals surface area contributed by atoms with Crippen molar-refractivity contribution in [1.29, 1.82) is 0 Å². The predicted octanol–water partition coefficient (Wildman–Crippen LogP) is 2.12. The van der Waals surface area contributed by atoms with Crippen LogP contribution in [0.3, 0.4) is 0 Å². The van der Waals surface area contributed by atoms with Gasteiger partial charge in [-0.15, -0.1) is 0 Å². The zero-order valence-corrected chi connectivity index (χ0v) is 9.26. The van der Waals surface area contributed by atoms with E-state index in [1.54, 1.807) is 6.20 Å². The molecule has 1 heterocycles. The summed E-state index contributed by atoms with van der Waals surface area (Å²) in [5.74, 6) is 4.53. The summed E-state index contributed by atoms with van der Waals surface area (Å²) in [5, 5.41) is 3.60. The van der Waals surface area contributed by atoms with Crippen molar-refractivity contribution in [2.45, 2.75) is 25.3 Å². The maximum atomic E-state index is 5.86. The largest absolute Gasteiger partial charge is 0.382 e. The first kappa shape index (κ1) is 8.85. The summed E-state index contributed by atoms with van der Waals surface area (Å²) in [6.07, 6.45) is 6.17. The molecule has 4 rings (SSSR count). The molecule has 16 heavy (non-hydrogen) atoms. The molecule has 3 heteroatoms. The van der Waals surface area contributed by atoms with Gasteiger partial charge >= 0.3 is 0 Å². The second kappa shape index (κ2) is 2.90. The van der Waals surface area contributed by atoms with E-state index in [0.29, 0.717) is 11.9 Å². The van der Waals surface area contributed by atoms with Gasteiger partial charge in [-0.05, 0) is 55.1 Å². The first-order valence-electron chi connectivity index (χ1n) is 6.31. The molecule has 4 atom stereocenters. The number of fused-ring (bicyclic) bond motifs is 5. The van der Waals surface area contributed by atoms with Crippen molar-refractivity contribution in [3.8, 4) is 0 Å². The lowest BCUT2D eigenvalue weighted by molar-refractivity contribution is 0.456. The molecule has 4 unspecified atom stereocenters. The molecule has 84 valence electrons. The van der Waals surface area contributed by atoms with E-state index in [9.17, 15) is 0 Å². The van der Waals surface area contributed by atoms with Crippen molar-refractivity contribution in [2.24, 2.45) is 23.7 Å². The molecule has 0 spiro atoms. The monoisotopic (exact) mass is 215 g/mol. The zero-order chi connectivity index (χ0) is 10.7. The van der Waals surface area contributed by atoms with Gasteiger partial charge in [0.25, 0.3) is 0 Å². The Hall–Kier alpha value is -1.25. The van der Waals surface area contributed by atoms with Crippen molar-refractivity contribution in [1.82, 2.24) is 4.98 Å². The number of nitrogen functional groups attached to an aromatic ring is 1. The van der Waals surface area contributed by atoms with E-state index in [-0.39, 0.29) is 0 Å². The number of nitrogens with two attached hydrogens (primary N) is 1. The highest BCUT2D eigenvalue weighted by atomic mass is 15.1. The van der Waals surface area contributed by atoms with Crippen LogP contribution >= 0.6 is 0 Å². The molecule has 0 amide bonds. The Bertz CT molecular complexity index is 415. The molecule has 0 aromatic carbocycles. The van der Waals surface area contributed by atoms with Crippen LogP contribution in [0.4, 0.5) is 11.5 Å². The van der Waals surface area contributed by atoms with Crippen LogP contribution in [0.15, 0.2) is 18.3 Å². The molecule has 3 saturated carbocycles. The molecule has 0 radical (unpaired) electrons. The number of nitrogens with one attached hydrogen (secondary N) is 1. The molecule has 1 aromatic rings. The zero-order valence-electron chi connectivity index (χ0n) is 9.26. The minimum absolute atomic E-state index is 0.639. The van der Waals surface area contributed by atoms with Gasteiger partial charge in [-0.25, -0.2) is 4.98 Å². The smallest absolute Gasteiger partial charge is 0.146 e. The van der Waals surface area contributed by atoms with Gasteiger partial charge in [-0.3, -0.25) is 0 Å². The Balaban J connectivity index is 1.53. The highest BCUT2D eigenvalue weighted by Gasteiger charge is 2.65. The number of rotatable bonds is 2. The quantitative estimate of drug-likeness (QED) is 0.794. The average Bonchev–Trinajstić information content (AvgIpc) is 2.71. The fourth-order valence-electron chi connectivity index (χ4n) is 4.24. The summed E-state index contributed by atoms with van der Waals surface area (Å²) in [7, 11) is 0. The van der Waals surface area contributed by atoms with Crippen molar-refractivity contribution < 1.29 is 0 Å². The topological polar surface area (TPSA) is 50.9 Å². The fraction of sp³-hybridized carbons (Fsp3) is 0.615. The number of hydrogen-bond donors (Lipinski definition) is 2. The maximum absolute atomic E-state index is 5.86. The van der Waals surface area contributed by atoms with Gasteiger partial charge < -0.3 is 11.1 Å². The first-order chi connectivity index (χ1) is 7.84. The molecular weight excluding hydrogens is 198 g/mol. The molecule has 3 N–H and O–H groups in total. The number of nitrogens with zero attached hydrogens (tertiary/aromatic N) is 1. The van der Waals surface area contributed by atoms with E-state index in [1.807, 2.05) is 12.1 Å². The number of anilines is 2. The molecule has 3 fully saturated rings. The van der Waals surface area contributed by atoms with Gasteiger partial charge in [0.05, 0.1) is 5.69 Å². The normalized spacial score (nSPS) is 43.1. The minimum atomic E-state index is 0.639. The Morgan fingerprint density at radius 3 is 2.69 bits per heavy atom. The summed E-state index contributed by atoms with van der Waals surface area (Å²) in [6.45, 7) is 0. The van der Waals surface area contributed by atoms with Gasteiger partial charge in [-0.1, -0.05) is 0 Å². The lowest BCUT2D eigenvalue weighted by atomic mass is 10.0. The number of aromatic nitrogens is 1. The molecular formula is C13H17N3. The standard InChI is InChI=1S/C13H17N3/c14-13-9(2-1-5-15-13)16-12-10-7-3-4-8(6-7)11(10)12/h1-2,5,7-8,10-12,16H,3-4,6H2,(H2,14,15). The van der Waals surface area contributed by atoms with Crippen molar-refractivity contribution >= 4 is 11.5 Å². The Morgan fingerprint density at radius 1 is 1.25 bits per heavy atom. The molecule has 0 aliphatic heterocycles. The minimum Gasteiger partial charge on any atom is -0.382 e. The average molecular weight is 215 g/mol. The lowest BCUT2D eigenvalue weighted by Crippen LogP contribution is -2.14. The van der Waals surface area contributed by atoms with Gasteiger partial charge in [0.15, 0.2) is 0 Å². The van der Waals surface area contributed by atoms with E-state index in [1.165, 1.54) is 19.3 Å². The molecule has 2 bridgehead atoms. The third-order valence-electron chi connectivity index (χ3n) is 4.90. The van der Waals surface area contributed by atoms with Gasteiger partial charge in [-0.2, -0.15) is 0 Å². The molecule has 3 aliphatic carbocycles. The van der Waals surface area contributed by atoms with Crippen LogP contribution < -0.4 is 11.1 Å². The maximum Gasteiger partial charge on any atom is 0.146 e. The second-order valence-electron chi connectivity index (χ2n) is 5.59. The van der Waals surface area contributed by atoms with Crippen LogP contribution in [0.1, 0.15) is 19.3 Å². The molecule has 1 aromatic heterocycles. The summed E-state index contributed by atoms with van der Waals surface area (Å²) >= 11 is 0. The lowest BCUT2D eigenvalue weighted by Gasteiger charge is -2.12. The Labute approximate surface area is 95.4 Å². The molecule has 3 aliphatic rings. The van der Waals surface area contributed by atoms with E-state index in [0.717, 1.165) is 29.4 Å². The third kappa shape index (κ3) is 1.06. The summed E-state index contributed by atoms with van der Waals surface area (Å²) < 4.78 is 0. The van der Waals surface area contributed by atoms with Crippen molar-refractivity contribution in [3.05, 3.63) is 18.3 Å². The van der Waals surface area contributed by atoms with E-state index in [4.69, 9.17) is 5.73 Å². The van der Waals surface area contributed by atoms with Crippen molar-refractivity contribution in [2.75, 3.05) is 11.1 Å². The van der Waals surface area contributed by atoms with E-state index in [2.05, 4.69) is 10.3 Å². The Morgan fingerprint density at radius 2 is 2.00 bits per heavy atom. The third-order valence-corrected chi connectivity index (χ3v) is 4.90. The predicted molar refractivity (Wildman–Crippen MR) is 63.9 cm³/mol. The van der Waals surface area contributed by atoms with Crippen LogP contribution in [0.5, 0.6) is 0 Å². The van der Waals surface area contributed by atoms with E-state index >= 15 is 0 Å². The first-order valence-corrected chi connectivity index (χ1v) is 6.31. The van der Waals surface area contributed by atoms with Gasteiger partial charge in [0, 0.05) is 12.2 Å². The summed E-state index contributed by atoms with van der Waals surface area (Å²) in [4.78, 5) is 4.12. The fourth-order valence-corrected chi connectivity index (χ4v) is 4.24. The van der Waals surface area contributed by atoms with Crippen LogP contribution in [0.2, 0.25) is 0 Å². The Kier molecular flexibility index (Phi) is 1.61. The van der Waals surface area contributed by atoms with Crippen LogP contribution in [0.25, 0.3) is 0 Å². The summed E-state index contributed by atoms with van der Waals surface area (Å²) in [6, 6.07) is 4.68. The second-order valence-corrected chi connectivity index (χ2v) is 5.59. The number of hydrogen-bond acceptors (Lipinski definition) is 3. The summed E-state index contributed by atoms with van der Waals surface area (Å²) in [5.41, 5.74) is 6.89. The molecule has 0 saturated heterocycles. The highest BCUT2D eigenvalue weighted by Crippen LogP contribution is 2.66. The van der Waals surface area contributed by atoms with Crippen LogP contribution in [0, 0.1) is 23.7 Å². The number of pyridine rings is 1.